The number of ether oxygens (including phenoxy) is 4. The Bertz CT molecular complexity index is 2240. The van der Waals surface area contributed by atoms with Gasteiger partial charge in [-0.1, -0.05) is 279 Å². The lowest BCUT2D eigenvalue weighted by molar-refractivity contribution is -0.161. The molecule has 0 heterocycles. The second-order valence-electron chi connectivity index (χ2n) is 25.6. The summed E-state index contributed by atoms with van der Waals surface area (Å²) in [7, 11) is -9.96. The van der Waals surface area contributed by atoms with Crippen molar-refractivity contribution in [1.82, 2.24) is 0 Å². The molecule has 0 saturated heterocycles. The molecule has 98 heavy (non-hydrogen) atoms. The monoisotopic (exact) mass is 1420 g/mol. The number of hydrogen-bond donors (Lipinski definition) is 3. The van der Waals surface area contributed by atoms with Gasteiger partial charge in [0.25, 0.3) is 0 Å². The summed E-state index contributed by atoms with van der Waals surface area (Å²) in [6.07, 6.45) is 74.1. The molecule has 19 heteroatoms. The van der Waals surface area contributed by atoms with Crippen molar-refractivity contribution in [2.24, 2.45) is 0 Å². The van der Waals surface area contributed by atoms with Crippen molar-refractivity contribution >= 4 is 39.5 Å². The first kappa shape index (κ1) is 94.0. The second-order valence-corrected chi connectivity index (χ2v) is 28.5. The number of aliphatic hydroxyl groups excluding tert-OH is 1. The molecule has 0 radical (unpaired) electrons. The van der Waals surface area contributed by atoms with Gasteiger partial charge in [-0.3, -0.25) is 37.3 Å². The van der Waals surface area contributed by atoms with E-state index in [0.717, 1.165) is 141 Å². The Morgan fingerprint density at radius 3 is 0.918 bits per heavy atom. The van der Waals surface area contributed by atoms with Gasteiger partial charge in [-0.2, -0.15) is 0 Å². The molecule has 0 bridgehead atoms. The minimum Gasteiger partial charge on any atom is -0.462 e. The van der Waals surface area contributed by atoms with Crippen molar-refractivity contribution in [3.63, 3.8) is 0 Å². The molecule has 0 aromatic heterocycles. The lowest BCUT2D eigenvalue weighted by Crippen LogP contribution is -2.30. The molecule has 5 atom stereocenters. The van der Waals surface area contributed by atoms with Crippen LogP contribution in [-0.4, -0.2) is 96.7 Å². The molecule has 0 spiro atoms. The smallest absolute Gasteiger partial charge is 0.462 e. The van der Waals surface area contributed by atoms with Gasteiger partial charge in [0.2, 0.25) is 0 Å². The van der Waals surface area contributed by atoms with Gasteiger partial charge in [0, 0.05) is 25.7 Å². The van der Waals surface area contributed by atoms with E-state index in [-0.39, 0.29) is 25.7 Å². The van der Waals surface area contributed by atoms with Gasteiger partial charge in [0.05, 0.1) is 26.4 Å². The molecular formula is C79H138O17P2. The predicted octanol–water partition coefficient (Wildman–Crippen LogP) is 22.0. The summed E-state index contributed by atoms with van der Waals surface area (Å²) in [5.41, 5.74) is 0. The normalized spacial score (nSPS) is 14.5. The maximum Gasteiger partial charge on any atom is 0.472 e. The molecule has 0 aliphatic heterocycles. The van der Waals surface area contributed by atoms with Crippen molar-refractivity contribution in [3.05, 3.63) is 97.2 Å². The molecule has 3 N–H and O–H groups in total. The number of phosphoric ester groups is 2. The molecule has 566 valence electrons. The summed E-state index contributed by atoms with van der Waals surface area (Å²) in [5.74, 6) is -2.25. The van der Waals surface area contributed by atoms with Gasteiger partial charge in [-0.05, 0) is 116 Å². The third kappa shape index (κ3) is 70.4. The molecule has 0 aromatic rings. The highest BCUT2D eigenvalue weighted by atomic mass is 31.2. The number of carbonyl (C=O) groups excluding carboxylic acids is 4. The Kier molecular flexibility index (Phi) is 68.4. The Balaban J connectivity index is 5.37. The zero-order valence-electron chi connectivity index (χ0n) is 61.7. The van der Waals surface area contributed by atoms with E-state index in [1.54, 1.807) is 0 Å². The van der Waals surface area contributed by atoms with Crippen LogP contribution in [0.5, 0.6) is 0 Å². The summed E-state index contributed by atoms with van der Waals surface area (Å²) >= 11 is 0. The SMILES string of the molecule is CC/C=C\C/C=C\C/C=C\C/C=C\C/C=C\CCCC(=O)OCC(COP(=O)(O)OCC(O)COP(=O)(O)OCC(COC(=O)CCCCCCC/C=C\C/C=C\CCCCC)OC(=O)CCCCCCCCCCCCCCCCC)OC(=O)CCCCCCC/C=C\CCCC. The summed E-state index contributed by atoms with van der Waals surface area (Å²) in [6.45, 7) is 4.63. The van der Waals surface area contributed by atoms with Gasteiger partial charge >= 0.3 is 39.5 Å². The maximum atomic E-state index is 13.1. The van der Waals surface area contributed by atoms with Crippen LogP contribution in [0.2, 0.25) is 0 Å². The quantitative estimate of drug-likeness (QED) is 0.0169. The third-order valence-corrected chi connectivity index (χ3v) is 17.9. The number of unbranched alkanes of at least 4 members (excludes halogenated alkanes) is 30. The first-order valence-corrected chi connectivity index (χ1v) is 41.5. The van der Waals surface area contributed by atoms with Gasteiger partial charge in [-0.25, -0.2) is 9.13 Å². The lowest BCUT2D eigenvalue weighted by atomic mass is 10.0. The fourth-order valence-electron chi connectivity index (χ4n) is 10.1. The van der Waals surface area contributed by atoms with Crippen molar-refractivity contribution < 1.29 is 80.2 Å². The summed E-state index contributed by atoms with van der Waals surface area (Å²) in [5, 5.41) is 10.6. The highest BCUT2D eigenvalue weighted by molar-refractivity contribution is 7.47. The zero-order valence-corrected chi connectivity index (χ0v) is 63.5. The van der Waals surface area contributed by atoms with Gasteiger partial charge < -0.3 is 33.8 Å². The summed E-state index contributed by atoms with van der Waals surface area (Å²) in [4.78, 5) is 72.8. The lowest BCUT2D eigenvalue weighted by Gasteiger charge is -2.21. The van der Waals surface area contributed by atoms with Crippen molar-refractivity contribution in [2.75, 3.05) is 39.6 Å². The first-order chi connectivity index (χ1) is 47.7. The van der Waals surface area contributed by atoms with Crippen LogP contribution in [0.4, 0.5) is 0 Å². The molecular weight excluding hydrogens is 1280 g/mol. The largest absolute Gasteiger partial charge is 0.472 e. The first-order valence-electron chi connectivity index (χ1n) is 38.5. The standard InChI is InChI=1S/C79H138O17P2/c1-5-9-13-17-21-25-29-32-35-36-39-41-45-48-52-56-60-64-77(82)89-69-74(95-78(83)65-61-57-53-49-43-28-24-20-16-12-8-4)71-93-97(85,86)91-67-73(80)68-92-98(87,88)94-72-75(96-79(84)66-62-58-54-50-46-42-38-34-31-27-23-19-15-11-7-3)70-90-76(81)63-59-55-51-47-44-40-37-33-30-26-22-18-14-10-6-2/h9,13,20-22,24-26,32-33,35,37,39,41,48,52,73-75,80H,5-8,10-12,14-19,23,27-31,34,36,38,40,42-47,49-51,53-72H2,1-4H3,(H,85,86)(H,87,88)/b13-9-,24-20-,25-21-,26-22-,35-32-,37-33-,41-39-,52-48-. The van der Waals surface area contributed by atoms with E-state index in [1.807, 2.05) is 12.2 Å². The number of allylic oxidation sites excluding steroid dienone is 16. The summed E-state index contributed by atoms with van der Waals surface area (Å²) in [6, 6.07) is 0. The van der Waals surface area contributed by atoms with Crippen molar-refractivity contribution in [2.45, 2.75) is 341 Å². The predicted molar refractivity (Wildman–Crippen MR) is 399 cm³/mol. The molecule has 5 unspecified atom stereocenters. The van der Waals surface area contributed by atoms with E-state index in [0.29, 0.717) is 32.1 Å². The second kappa shape index (κ2) is 71.4. The third-order valence-electron chi connectivity index (χ3n) is 16.0. The minimum absolute atomic E-state index is 0.0720. The van der Waals surface area contributed by atoms with Crippen LogP contribution in [0.25, 0.3) is 0 Å². The van der Waals surface area contributed by atoms with Crippen molar-refractivity contribution in [3.8, 4) is 0 Å². The number of carbonyl (C=O) groups is 4. The number of phosphoric acid groups is 2. The number of hydrogen-bond acceptors (Lipinski definition) is 15. The van der Waals surface area contributed by atoms with Crippen LogP contribution in [0.15, 0.2) is 97.2 Å². The number of rotatable bonds is 72. The highest BCUT2D eigenvalue weighted by Gasteiger charge is 2.30. The zero-order chi connectivity index (χ0) is 71.8. The molecule has 0 saturated carbocycles. The maximum absolute atomic E-state index is 13.1. The molecule has 0 amide bonds. The molecule has 0 aromatic carbocycles. The van der Waals surface area contributed by atoms with E-state index < -0.39 is 97.5 Å². The number of aliphatic hydroxyl groups is 1. The van der Waals surface area contributed by atoms with Gasteiger partial charge in [-0.15, -0.1) is 0 Å². The van der Waals surface area contributed by atoms with E-state index >= 15 is 0 Å². The van der Waals surface area contributed by atoms with Crippen molar-refractivity contribution in [1.29, 1.82) is 0 Å². The number of esters is 4. The molecule has 0 aliphatic carbocycles. The molecule has 0 aliphatic rings. The van der Waals surface area contributed by atoms with Crippen LogP contribution in [-0.2, 0) is 65.4 Å². The van der Waals surface area contributed by atoms with Crippen LogP contribution in [0, 0.1) is 0 Å². The van der Waals surface area contributed by atoms with Crippen LogP contribution in [0.1, 0.15) is 323 Å². The van der Waals surface area contributed by atoms with E-state index in [4.69, 9.17) is 37.0 Å². The molecule has 0 rings (SSSR count). The van der Waals surface area contributed by atoms with Crippen LogP contribution in [0.3, 0.4) is 0 Å². The van der Waals surface area contributed by atoms with Gasteiger partial charge in [0.1, 0.15) is 19.3 Å². The Morgan fingerprint density at radius 1 is 0.296 bits per heavy atom. The topological polar surface area (TPSA) is 237 Å². The van der Waals surface area contributed by atoms with E-state index in [9.17, 15) is 43.2 Å². The average Bonchev–Trinajstić information content (AvgIpc) is 0.986. The Labute approximate surface area is 595 Å². The summed E-state index contributed by atoms with van der Waals surface area (Å²) < 4.78 is 68.4. The fraction of sp³-hybridized carbons (Fsp3) is 0.747. The highest BCUT2D eigenvalue weighted by Crippen LogP contribution is 2.45. The Morgan fingerprint density at radius 2 is 0.551 bits per heavy atom. The van der Waals surface area contributed by atoms with E-state index in [1.165, 1.54) is 96.3 Å². The van der Waals surface area contributed by atoms with Crippen LogP contribution >= 0.6 is 15.6 Å². The Hall–Kier alpha value is -4.02. The molecule has 17 nitrogen and oxygen atoms in total. The fourth-order valence-corrected chi connectivity index (χ4v) is 11.7. The van der Waals surface area contributed by atoms with E-state index in [2.05, 4.69) is 113 Å². The van der Waals surface area contributed by atoms with Gasteiger partial charge in [0.15, 0.2) is 12.2 Å². The average molecular weight is 1420 g/mol. The minimum atomic E-state index is -4.98. The van der Waals surface area contributed by atoms with Crippen LogP contribution < -0.4 is 0 Å². The molecule has 0 fully saturated rings.